The molecule has 2 aromatic carbocycles. The van der Waals surface area contributed by atoms with E-state index in [1.54, 1.807) is 10.6 Å². The number of anilines is 1. The Morgan fingerprint density at radius 3 is 2.44 bits per heavy atom. The van der Waals surface area contributed by atoms with Gasteiger partial charge in [-0.15, -0.1) is 0 Å². The standard InChI is InChI=1S/C21H22N2O2/c1-15(2)12-13-23-19(20(24)22-17-9-4-3-5-10-17)14-16-8-6-7-11-18(16)21(23)25/h3-11,14-15H,12-13H2,1-2H3,(H,22,24). The molecule has 4 heteroatoms. The molecule has 4 nitrogen and oxygen atoms in total. The second-order valence-corrected chi connectivity index (χ2v) is 6.58. The number of benzene rings is 2. The van der Waals surface area contributed by atoms with Crippen molar-refractivity contribution in [2.75, 3.05) is 5.32 Å². The van der Waals surface area contributed by atoms with E-state index in [2.05, 4.69) is 19.2 Å². The maximum Gasteiger partial charge on any atom is 0.272 e. The Balaban J connectivity index is 2.06. The zero-order chi connectivity index (χ0) is 17.8. The third kappa shape index (κ3) is 3.79. The van der Waals surface area contributed by atoms with Crippen LogP contribution in [0.5, 0.6) is 0 Å². The van der Waals surface area contributed by atoms with Gasteiger partial charge in [0.1, 0.15) is 5.69 Å². The number of aromatic nitrogens is 1. The third-order valence-corrected chi connectivity index (χ3v) is 4.21. The lowest BCUT2D eigenvalue weighted by Gasteiger charge is -2.15. The lowest BCUT2D eigenvalue weighted by atomic mass is 10.1. The maximum atomic E-state index is 12.9. The van der Waals surface area contributed by atoms with E-state index in [0.29, 0.717) is 29.2 Å². The number of fused-ring (bicyclic) bond motifs is 1. The van der Waals surface area contributed by atoms with Gasteiger partial charge in [0, 0.05) is 17.6 Å². The molecule has 1 amide bonds. The molecule has 0 radical (unpaired) electrons. The highest BCUT2D eigenvalue weighted by Crippen LogP contribution is 2.15. The van der Waals surface area contributed by atoms with Crippen molar-refractivity contribution in [3.63, 3.8) is 0 Å². The van der Waals surface area contributed by atoms with Gasteiger partial charge in [-0.25, -0.2) is 0 Å². The summed E-state index contributed by atoms with van der Waals surface area (Å²) in [7, 11) is 0. The van der Waals surface area contributed by atoms with Crippen LogP contribution in [0.1, 0.15) is 30.8 Å². The quantitative estimate of drug-likeness (QED) is 0.756. The number of hydrogen-bond donors (Lipinski definition) is 1. The van der Waals surface area contributed by atoms with Gasteiger partial charge in [-0.05, 0) is 42.0 Å². The van der Waals surface area contributed by atoms with E-state index in [1.807, 2.05) is 54.6 Å². The zero-order valence-corrected chi connectivity index (χ0v) is 14.5. The van der Waals surface area contributed by atoms with Crippen molar-refractivity contribution in [3.8, 4) is 0 Å². The highest BCUT2D eigenvalue weighted by molar-refractivity contribution is 6.05. The summed E-state index contributed by atoms with van der Waals surface area (Å²) >= 11 is 0. The minimum atomic E-state index is -0.266. The lowest BCUT2D eigenvalue weighted by Crippen LogP contribution is -2.29. The molecule has 0 fully saturated rings. The van der Waals surface area contributed by atoms with E-state index in [-0.39, 0.29) is 11.5 Å². The summed E-state index contributed by atoms with van der Waals surface area (Å²) in [4.78, 5) is 25.7. The molecular formula is C21H22N2O2. The minimum absolute atomic E-state index is 0.114. The Hall–Kier alpha value is -2.88. The van der Waals surface area contributed by atoms with Crippen molar-refractivity contribution in [2.45, 2.75) is 26.8 Å². The Labute approximate surface area is 147 Å². The molecule has 0 atom stereocenters. The highest BCUT2D eigenvalue weighted by Gasteiger charge is 2.16. The summed E-state index contributed by atoms with van der Waals surface area (Å²) in [5.41, 5.74) is 0.994. The SMILES string of the molecule is CC(C)CCn1c(C(=O)Nc2ccccc2)cc2ccccc2c1=O. The van der Waals surface area contributed by atoms with Crippen LogP contribution < -0.4 is 10.9 Å². The number of nitrogens with zero attached hydrogens (tertiary/aromatic N) is 1. The van der Waals surface area contributed by atoms with Crippen LogP contribution in [0.25, 0.3) is 10.8 Å². The molecule has 0 saturated heterocycles. The van der Waals surface area contributed by atoms with E-state index in [9.17, 15) is 9.59 Å². The van der Waals surface area contributed by atoms with Gasteiger partial charge >= 0.3 is 0 Å². The Bertz CT molecular complexity index is 943. The molecule has 0 bridgehead atoms. The van der Waals surface area contributed by atoms with Crippen LogP contribution >= 0.6 is 0 Å². The number of carbonyl (C=O) groups excluding carboxylic acids is 1. The number of nitrogens with one attached hydrogen (secondary N) is 1. The largest absolute Gasteiger partial charge is 0.321 e. The molecule has 128 valence electrons. The number of amides is 1. The fraction of sp³-hybridized carbons (Fsp3) is 0.238. The summed E-state index contributed by atoms with van der Waals surface area (Å²) in [6.07, 6.45) is 0.837. The summed E-state index contributed by atoms with van der Waals surface area (Å²) in [6, 6.07) is 18.5. The van der Waals surface area contributed by atoms with Crippen LogP contribution in [-0.4, -0.2) is 10.5 Å². The first-order valence-corrected chi connectivity index (χ1v) is 8.55. The topological polar surface area (TPSA) is 51.1 Å². The second kappa shape index (κ2) is 7.34. The first-order valence-electron chi connectivity index (χ1n) is 8.55. The van der Waals surface area contributed by atoms with Gasteiger partial charge in [-0.3, -0.25) is 9.59 Å². The monoisotopic (exact) mass is 334 g/mol. The summed E-state index contributed by atoms with van der Waals surface area (Å²) < 4.78 is 1.60. The van der Waals surface area contributed by atoms with Crippen LogP contribution in [-0.2, 0) is 6.54 Å². The molecule has 0 aliphatic carbocycles. The van der Waals surface area contributed by atoms with E-state index in [0.717, 1.165) is 11.8 Å². The first kappa shape index (κ1) is 17.0. The smallest absolute Gasteiger partial charge is 0.272 e. The third-order valence-electron chi connectivity index (χ3n) is 4.21. The van der Waals surface area contributed by atoms with E-state index in [4.69, 9.17) is 0 Å². The number of carbonyl (C=O) groups is 1. The van der Waals surface area contributed by atoms with Crippen molar-refractivity contribution in [3.05, 3.63) is 76.7 Å². The van der Waals surface area contributed by atoms with E-state index < -0.39 is 0 Å². The highest BCUT2D eigenvalue weighted by atomic mass is 16.2. The van der Waals surface area contributed by atoms with Gasteiger partial charge in [0.15, 0.2) is 0 Å². The summed E-state index contributed by atoms with van der Waals surface area (Å²) in [5.74, 6) is 0.182. The van der Waals surface area contributed by atoms with Crippen molar-refractivity contribution in [1.82, 2.24) is 4.57 Å². The second-order valence-electron chi connectivity index (χ2n) is 6.58. The molecule has 0 unspecified atom stereocenters. The first-order chi connectivity index (χ1) is 12.1. The molecule has 1 N–H and O–H groups in total. The Kier molecular flexibility index (Phi) is 4.98. The van der Waals surface area contributed by atoms with Crippen LogP contribution in [0.4, 0.5) is 5.69 Å². The lowest BCUT2D eigenvalue weighted by molar-refractivity contribution is 0.101. The van der Waals surface area contributed by atoms with Crippen molar-refractivity contribution >= 4 is 22.4 Å². The van der Waals surface area contributed by atoms with Gasteiger partial charge < -0.3 is 9.88 Å². The molecule has 25 heavy (non-hydrogen) atoms. The van der Waals surface area contributed by atoms with Crippen molar-refractivity contribution < 1.29 is 4.79 Å². The molecule has 0 saturated carbocycles. The van der Waals surface area contributed by atoms with Gasteiger partial charge in [0.25, 0.3) is 11.5 Å². The van der Waals surface area contributed by atoms with Gasteiger partial charge in [-0.1, -0.05) is 50.2 Å². The number of hydrogen-bond acceptors (Lipinski definition) is 2. The summed E-state index contributed by atoms with van der Waals surface area (Å²) in [6.45, 7) is 4.74. The average Bonchev–Trinajstić information content (AvgIpc) is 2.61. The molecule has 0 aliphatic rings. The predicted octanol–water partition coefficient (Wildman–Crippen LogP) is 4.30. The molecule has 1 aromatic heterocycles. The van der Waals surface area contributed by atoms with Crippen molar-refractivity contribution in [2.24, 2.45) is 5.92 Å². The average molecular weight is 334 g/mol. The molecule has 1 heterocycles. The van der Waals surface area contributed by atoms with Crippen LogP contribution in [0.15, 0.2) is 65.5 Å². The number of para-hydroxylation sites is 1. The minimum Gasteiger partial charge on any atom is -0.321 e. The fourth-order valence-corrected chi connectivity index (χ4v) is 2.81. The molecule has 0 spiro atoms. The number of rotatable bonds is 5. The molecule has 3 rings (SSSR count). The van der Waals surface area contributed by atoms with Crippen LogP contribution in [0.3, 0.4) is 0 Å². The summed E-state index contributed by atoms with van der Waals surface area (Å²) in [5, 5.41) is 4.30. The van der Waals surface area contributed by atoms with Crippen molar-refractivity contribution in [1.29, 1.82) is 0 Å². The molecular weight excluding hydrogens is 312 g/mol. The normalized spacial score (nSPS) is 11.0. The van der Waals surface area contributed by atoms with Gasteiger partial charge in [-0.2, -0.15) is 0 Å². The number of pyridine rings is 1. The van der Waals surface area contributed by atoms with E-state index >= 15 is 0 Å². The Morgan fingerprint density at radius 1 is 1.04 bits per heavy atom. The molecule has 0 aliphatic heterocycles. The fourth-order valence-electron chi connectivity index (χ4n) is 2.81. The predicted molar refractivity (Wildman–Crippen MR) is 102 cm³/mol. The maximum absolute atomic E-state index is 12.9. The van der Waals surface area contributed by atoms with E-state index in [1.165, 1.54) is 0 Å². The molecule has 3 aromatic rings. The van der Waals surface area contributed by atoms with Crippen LogP contribution in [0, 0.1) is 5.92 Å². The van der Waals surface area contributed by atoms with Gasteiger partial charge in [0.05, 0.1) is 0 Å². The van der Waals surface area contributed by atoms with Crippen LogP contribution in [0.2, 0.25) is 0 Å². The zero-order valence-electron chi connectivity index (χ0n) is 14.5. The van der Waals surface area contributed by atoms with Gasteiger partial charge in [0.2, 0.25) is 0 Å². The Morgan fingerprint density at radius 2 is 1.72 bits per heavy atom.